The summed E-state index contributed by atoms with van der Waals surface area (Å²) in [5.74, 6) is 2.76. The third-order valence-electron chi connectivity index (χ3n) is 1.43. The van der Waals surface area contributed by atoms with Crippen LogP contribution in [0.4, 0.5) is 4.79 Å². The molecule has 2 N–H and O–H groups in total. The number of carbonyl (C=O) groups is 2. The van der Waals surface area contributed by atoms with Crippen LogP contribution in [0.5, 0.6) is 0 Å². The molecule has 0 heterocycles. The van der Waals surface area contributed by atoms with Gasteiger partial charge in [-0.15, -0.1) is 18.2 Å². The van der Waals surface area contributed by atoms with Gasteiger partial charge in [0.2, 0.25) is 0 Å². The highest BCUT2D eigenvalue weighted by Crippen LogP contribution is 1.95. The summed E-state index contributed by atoms with van der Waals surface area (Å²) in [6, 6.07) is -0.390. The van der Waals surface area contributed by atoms with Crippen molar-refractivity contribution < 1.29 is 14.7 Å². The van der Waals surface area contributed by atoms with E-state index in [0.717, 1.165) is 10.7 Å². The van der Waals surface area contributed by atoms with Gasteiger partial charge in [0, 0.05) is 19.3 Å². The smallest absolute Gasteiger partial charge is 0.323 e. The van der Waals surface area contributed by atoms with Crippen LogP contribution in [0.3, 0.4) is 0 Å². The normalized spacial score (nSPS) is 9.07. The monoisotopic (exact) mass is 230 g/mol. The summed E-state index contributed by atoms with van der Waals surface area (Å²) < 4.78 is 0. The Hall–Kier alpha value is -1.35. The van der Waals surface area contributed by atoms with Crippen LogP contribution in [0, 0.1) is 12.3 Å². The average Bonchev–Trinajstić information content (AvgIpc) is 2.16. The van der Waals surface area contributed by atoms with Crippen molar-refractivity contribution in [3.8, 4) is 12.3 Å². The predicted octanol–water partition coefficient (Wildman–Crippen LogP) is 0.0788. The highest BCUT2D eigenvalue weighted by Gasteiger charge is 2.10. The number of hydrogen-bond donors (Lipinski definition) is 2. The van der Waals surface area contributed by atoms with Gasteiger partial charge in [-0.25, -0.2) is 4.79 Å². The van der Waals surface area contributed by atoms with Gasteiger partial charge in [0.25, 0.3) is 0 Å². The van der Waals surface area contributed by atoms with Gasteiger partial charge in [0.15, 0.2) is 0 Å². The standard InChI is InChI=1S/C9H14N2O3S/c1-3-5-15-6-4-10-9(14)11(2)7-8(12)13/h1H,4-7H2,2H3,(H,10,14)(H,12,13). The zero-order chi connectivity index (χ0) is 11.7. The van der Waals surface area contributed by atoms with Crippen molar-refractivity contribution >= 4 is 23.8 Å². The molecule has 0 aliphatic rings. The Bertz CT molecular complexity index is 263. The third kappa shape index (κ3) is 7.70. The number of terminal acetylenes is 1. The fourth-order valence-corrected chi connectivity index (χ4v) is 1.28. The lowest BCUT2D eigenvalue weighted by atomic mass is 10.6. The van der Waals surface area contributed by atoms with Gasteiger partial charge in [-0.05, 0) is 0 Å². The number of hydrogen-bond acceptors (Lipinski definition) is 3. The second-order valence-electron chi connectivity index (χ2n) is 2.74. The van der Waals surface area contributed by atoms with Crippen LogP contribution in [0.15, 0.2) is 0 Å². The van der Waals surface area contributed by atoms with Crippen molar-refractivity contribution in [2.75, 3.05) is 31.6 Å². The molecular weight excluding hydrogens is 216 g/mol. The maximum absolute atomic E-state index is 11.2. The molecule has 0 rings (SSSR count). The van der Waals surface area contributed by atoms with Crippen molar-refractivity contribution in [3.05, 3.63) is 0 Å². The number of carbonyl (C=O) groups excluding carboxylic acids is 1. The molecule has 0 aromatic heterocycles. The van der Waals surface area contributed by atoms with Gasteiger partial charge < -0.3 is 15.3 Å². The first-order chi connectivity index (χ1) is 7.07. The largest absolute Gasteiger partial charge is 0.480 e. The third-order valence-corrected chi connectivity index (χ3v) is 2.29. The molecule has 0 fully saturated rings. The van der Waals surface area contributed by atoms with Crippen LogP contribution in [0.25, 0.3) is 0 Å². The van der Waals surface area contributed by atoms with Crippen LogP contribution in [0.1, 0.15) is 0 Å². The first-order valence-corrected chi connectivity index (χ1v) is 5.45. The molecule has 0 aromatic carbocycles. The van der Waals surface area contributed by atoms with E-state index in [0.29, 0.717) is 12.3 Å². The van der Waals surface area contributed by atoms with Crippen molar-refractivity contribution in [1.29, 1.82) is 0 Å². The summed E-state index contributed by atoms with van der Waals surface area (Å²) in [6.07, 6.45) is 5.04. The van der Waals surface area contributed by atoms with E-state index in [1.807, 2.05) is 0 Å². The zero-order valence-electron chi connectivity index (χ0n) is 8.52. The maximum atomic E-state index is 11.2. The lowest BCUT2D eigenvalue weighted by Crippen LogP contribution is -2.40. The molecule has 84 valence electrons. The Kier molecular flexibility index (Phi) is 7.28. The lowest BCUT2D eigenvalue weighted by molar-refractivity contribution is -0.137. The SMILES string of the molecule is C#CCSCCNC(=O)N(C)CC(=O)O. The molecule has 15 heavy (non-hydrogen) atoms. The topological polar surface area (TPSA) is 69.6 Å². The van der Waals surface area contributed by atoms with Gasteiger partial charge >= 0.3 is 12.0 Å². The van der Waals surface area contributed by atoms with Crippen molar-refractivity contribution in [2.45, 2.75) is 0 Å². The van der Waals surface area contributed by atoms with Crippen molar-refractivity contribution in [1.82, 2.24) is 10.2 Å². The summed E-state index contributed by atoms with van der Waals surface area (Å²) in [6.45, 7) is 0.179. The second kappa shape index (κ2) is 8.00. The minimum atomic E-state index is -1.03. The Morgan fingerprint density at radius 2 is 2.27 bits per heavy atom. The zero-order valence-corrected chi connectivity index (χ0v) is 9.34. The molecule has 0 unspecified atom stereocenters. The Morgan fingerprint density at radius 3 is 2.80 bits per heavy atom. The van der Waals surface area contributed by atoms with E-state index in [-0.39, 0.29) is 6.54 Å². The molecule has 0 aliphatic heterocycles. The number of aliphatic carboxylic acids is 1. The molecule has 0 saturated carbocycles. The molecule has 6 heteroatoms. The molecule has 2 amide bonds. The van der Waals surface area contributed by atoms with Crippen LogP contribution < -0.4 is 5.32 Å². The van der Waals surface area contributed by atoms with E-state index in [9.17, 15) is 9.59 Å². The molecule has 0 bridgehead atoms. The summed E-state index contributed by atoms with van der Waals surface area (Å²) in [4.78, 5) is 22.6. The molecule has 0 saturated heterocycles. The van der Waals surface area contributed by atoms with Gasteiger partial charge in [0.05, 0.1) is 5.75 Å². The fraction of sp³-hybridized carbons (Fsp3) is 0.556. The Balaban J connectivity index is 3.56. The van der Waals surface area contributed by atoms with E-state index >= 15 is 0 Å². The molecule has 0 aromatic rings. The minimum Gasteiger partial charge on any atom is -0.480 e. The van der Waals surface area contributed by atoms with E-state index in [2.05, 4.69) is 11.2 Å². The highest BCUT2D eigenvalue weighted by atomic mass is 32.2. The van der Waals surface area contributed by atoms with Crippen LogP contribution in [-0.4, -0.2) is 53.6 Å². The molecule has 0 atom stereocenters. The summed E-state index contributed by atoms with van der Waals surface area (Å²) in [5, 5.41) is 11.0. The van der Waals surface area contributed by atoms with E-state index in [1.165, 1.54) is 18.8 Å². The Labute approximate surface area is 93.2 Å². The minimum absolute atomic E-state index is 0.302. The number of carboxylic acid groups (broad SMARTS) is 1. The molecular formula is C9H14N2O3S. The number of urea groups is 1. The van der Waals surface area contributed by atoms with E-state index in [4.69, 9.17) is 11.5 Å². The molecule has 5 nitrogen and oxygen atoms in total. The van der Waals surface area contributed by atoms with Gasteiger partial charge in [-0.3, -0.25) is 4.79 Å². The van der Waals surface area contributed by atoms with E-state index < -0.39 is 12.0 Å². The number of thioether (sulfide) groups is 1. The lowest BCUT2D eigenvalue weighted by Gasteiger charge is -2.15. The van der Waals surface area contributed by atoms with Gasteiger partial charge in [0.1, 0.15) is 6.54 Å². The highest BCUT2D eigenvalue weighted by molar-refractivity contribution is 7.99. The number of carboxylic acids is 1. The number of likely N-dealkylation sites (N-methyl/N-ethyl adjacent to an activating group) is 1. The molecule has 0 aliphatic carbocycles. The quantitative estimate of drug-likeness (QED) is 0.501. The van der Waals surface area contributed by atoms with Crippen LogP contribution in [-0.2, 0) is 4.79 Å². The molecule has 0 radical (unpaired) electrons. The summed E-state index contributed by atoms with van der Waals surface area (Å²) in [7, 11) is 1.43. The Morgan fingerprint density at radius 1 is 1.60 bits per heavy atom. The predicted molar refractivity (Wildman–Crippen MR) is 59.8 cm³/mol. The summed E-state index contributed by atoms with van der Waals surface area (Å²) in [5.41, 5.74) is 0. The first-order valence-electron chi connectivity index (χ1n) is 4.30. The maximum Gasteiger partial charge on any atom is 0.323 e. The average molecular weight is 230 g/mol. The van der Waals surface area contributed by atoms with Crippen LogP contribution >= 0.6 is 11.8 Å². The fourth-order valence-electron chi connectivity index (χ4n) is 0.771. The van der Waals surface area contributed by atoms with Gasteiger partial charge in [-0.1, -0.05) is 5.92 Å². The van der Waals surface area contributed by atoms with Crippen molar-refractivity contribution in [2.24, 2.45) is 0 Å². The number of amides is 2. The number of nitrogens with zero attached hydrogens (tertiary/aromatic N) is 1. The van der Waals surface area contributed by atoms with Crippen molar-refractivity contribution in [3.63, 3.8) is 0 Å². The number of nitrogens with one attached hydrogen (secondary N) is 1. The summed E-state index contributed by atoms with van der Waals surface area (Å²) >= 11 is 1.54. The molecule has 0 spiro atoms. The first kappa shape index (κ1) is 13.7. The van der Waals surface area contributed by atoms with Crippen LogP contribution in [0.2, 0.25) is 0 Å². The van der Waals surface area contributed by atoms with Gasteiger partial charge in [-0.2, -0.15) is 0 Å². The van der Waals surface area contributed by atoms with E-state index in [1.54, 1.807) is 0 Å². The number of rotatable bonds is 6. The second-order valence-corrected chi connectivity index (χ2v) is 3.84.